The minimum Gasteiger partial charge on any atom is -0.481 e. The van der Waals surface area contributed by atoms with Crippen LogP contribution in [-0.2, 0) is 15.3 Å². The summed E-state index contributed by atoms with van der Waals surface area (Å²) in [6.45, 7) is 1.28. The van der Waals surface area contributed by atoms with Gasteiger partial charge in [-0.15, -0.1) is 0 Å². The fourth-order valence-electron chi connectivity index (χ4n) is 3.32. The largest absolute Gasteiger partial charge is 0.481 e. The number of benzene rings is 1. The van der Waals surface area contributed by atoms with Gasteiger partial charge in [-0.1, -0.05) is 12.1 Å². The first-order valence-corrected chi connectivity index (χ1v) is 10.2. The van der Waals surface area contributed by atoms with Crippen molar-refractivity contribution >= 4 is 34.5 Å². The fourth-order valence-corrected chi connectivity index (χ4v) is 4.12. The fraction of sp³-hybridized carbons (Fsp3) is 0.474. The molecule has 2 aromatic rings. The van der Waals surface area contributed by atoms with Crippen LogP contribution in [-0.4, -0.2) is 50.7 Å². The van der Waals surface area contributed by atoms with Crippen LogP contribution in [0.25, 0.3) is 10.9 Å². The predicted octanol–water partition coefficient (Wildman–Crippen LogP) is 2.26. The van der Waals surface area contributed by atoms with Crippen LogP contribution in [0.1, 0.15) is 31.5 Å². The Kier molecular flexibility index (Phi) is 6.49. The monoisotopic (exact) mass is 389 g/mol. The number of fused-ring (bicyclic) bond motifs is 1. The van der Waals surface area contributed by atoms with Gasteiger partial charge in [-0.05, 0) is 30.9 Å². The van der Waals surface area contributed by atoms with E-state index in [4.69, 9.17) is 5.11 Å². The summed E-state index contributed by atoms with van der Waals surface area (Å²) in [5.41, 5.74) is 0.536. The number of aromatic nitrogens is 2. The zero-order valence-corrected chi connectivity index (χ0v) is 15.8. The van der Waals surface area contributed by atoms with Crippen LogP contribution < -0.4 is 5.56 Å². The van der Waals surface area contributed by atoms with Gasteiger partial charge in [0, 0.05) is 31.7 Å². The van der Waals surface area contributed by atoms with Crippen LogP contribution in [0.2, 0.25) is 0 Å². The lowest BCUT2D eigenvalue weighted by atomic mass is 9.93. The van der Waals surface area contributed by atoms with E-state index >= 15 is 0 Å². The Morgan fingerprint density at radius 1 is 1.26 bits per heavy atom. The maximum Gasteiger partial charge on any atom is 0.303 e. The maximum absolute atomic E-state index is 12.3. The summed E-state index contributed by atoms with van der Waals surface area (Å²) in [6.07, 6.45) is 2.14. The third kappa shape index (κ3) is 5.32. The molecule has 2 heterocycles. The molecule has 0 bridgehead atoms. The molecule has 1 aromatic carbocycles. The molecule has 2 N–H and O–H groups in total. The molecule has 1 saturated heterocycles. The van der Waals surface area contributed by atoms with Crippen LogP contribution in [0.5, 0.6) is 0 Å². The van der Waals surface area contributed by atoms with Crippen LogP contribution in [0, 0.1) is 5.92 Å². The smallest absolute Gasteiger partial charge is 0.303 e. The molecule has 0 aliphatic carbocycles. The number of hydrogen-bond donors (Lipinski definition) is 2. The second-order valence-corrected chi connectivity index (χ2v) is 7.86. The van der Waals surface area contributed by atoms with Gasteiger partial charge >= 0.3 is 5.97 Å². The topological polar surface area (TPSA) is 103 Å². The highest BCUT2D eigenvalue weighted by Gasteiger charge is 2.23. The minimum atomic E-state index is -0.767. The average Bonchev–Trinajstić information content (AvgIpc) is 2.65. The standard InChI is InChI=1S/C19H23N3O4S/c23-17(22-8-5-13(6-9-22)11-18(24)25)7-10-27-12-16-20-15-4-2-1-3-14(15)19(26)21-16/h1-4,13H,5-12H2,(H,24,25)(H,20,21,26). The van der Waals surface area contributed by atoms with Crippen LogP contribution in [0.4, 0.5) is 0 Å². The molecule has 3 rings (SSSR count). The summed E-state index contributed by atoms with van der Waals surface area (Å²) in [7, 11) is 0. The first-order chi connectivity index (χ1) is 13.0. The number of carbonyl (C=O) groups is 2. The molecule has 1 aliphatic heterocycles. The molecule has 0 spiro atoms. The zero-order chi connectivity index (χ0) is 19.2. The van der Waals surface area contributed by atoms with Gasteiger partial charge in [0.15, 0.2) is 0 Å². The number of aliphatic carboxylic acids is 1. The number of piperidine rings is 1. The third-order valence-corrected chi connectivity index (χ3v) is 5.76. The SMILES string of the molecule is O=C(O)CC1CCN(C(=O)CCSCc2nc3ccccc3c(=O)[nH]2)CC1. The number of aromatic amines is 1. The highest BCUT2D eigenvalue weighted by Crippen LogP contribution is 2.21. The van der Waals surface area contributed by atoms with Crippen molar-refractivity contribution in [2.75, 3.05) is 18.8 Å². The summed E-state index contributed by atoms with van der Waals surface area (Å²) >= 11 is 1.57. The highest BCUT2D eigenvalue weighted by atomic mass is 32.2. The molecular formula is C19H23N3O4S. The lowest BCUT2D eigenvalue weighted by molar-refractivity contribution is -0.138. The predicted molar refractivity (Wildman–Crippen MR) is 105 cm³/mol. The van der Waals surface area contributed by atoms with Crippen molar-refractivity contribution in [3.8, 4) is 0 Å². The van der Waals surface area contributed by atoms with Crippen molar-refractivity contribution in [3.05, 3.63) is 40.4 Å². The molecule has 1 amide bonds. The number of nitrogens with one attached hydrogen (secondary N) is 1. The van der Waals surface area contributed by atoms with Gasteiger partial charge in [-0.2, -0.15) is 11.8 Å². The van der Waals surface area contributed by atoms with E-state index in [9.17, 15) is 14.4 Å². The molecule has 1 aliphatic rings. The molecular weight excluding hydrogens is 366 g/mol. The number of amides is 1. The maximum atomic E-state index is 12.3. The number of nitrogens with zero attached hydrogens (tertiary/aromatic N) is 2. The number of carboxylic acid groups (broad SMARTS) is 1. The van der Waals surface area contributed by atoms with Crippen LogP contribution in [0.15, 0.2) is 29.1 Å². The van der Waals surface area contributed by atoms with Crippen molar-refractivity contribution in [2.45, 2.75) is 31.4 Å². The van der Waals surface area contributed by atoms with Crippen LogP contribution >= 0.6 is 11.8 Å². The van der Waals surface area contributed by atoms with E-state index in [0.717, 1.165) is 12.8 Å². The highest BCUT2D eigenvalue weighted by molar-refractivity contribution is 7.98. The lowest BCUT2D eigenvalue weighted by Crippen LogP contribution is -2.39. The quantitative estimate of drug-likeness (QED) is 0.704. The van der Waals surface area contributed by atoms with Crippen molar-refractivity contribution in [2.24, 2.45) is 5.92 Å². The van der Waals surface area contributed by atoms with Crippen molar-refractivity contribution in [1.82, 2.24) is 14.9 Å². The molecule has 27 heavy (non-hydrogen) atoms. The average molecular weight is 389 g/mol. The molecule has 144 valence electrons. The van der Waals surface area contributed by atoms with Gasteiger partial charge in [-0.3, -0.25) is 14.4 Å². The Labute approximate surface area is 161 Å². The summed E-state index contributed by atoms with van der Waals surface area (Å²) in [5, 5.41) is 9.42. The summed E-state index contributed by atoms with van der Waals surface area (Å²) in [4.78, 5) is 44.2. The molecule has 7 nitrogen and oxygen atoms in total. The van der Waals surface area contributed by atoms with E-state index in [1.807, 2.05) is 23.1 Å². The van der Waals surface area contributed by atoms with E-state index in [0.29, 0.717) is 47.7 Å². The summed E-state index contributed by atoms with van der Waals surface area (Å²) in [5.74, 6) is 1.34. The molecule has 0 saturated carbocycles. The molecule has 0 radical (unpaired) electrons. The first kappa shape index (κ1) is 19.4. The Balaban J connectivity index is 1.42. The van der Waals surface area contributed by atoms with Crippen molar-refractivity contribution in [1.29, 1.82) is 0 Å². The Hall–Kier alpha value is -2.35. The number of thioether (sulfide) groups is 1. The number of para-hydroxylation sites is 1. The normalized spacial score (nSPS) is 15.2. The molecule has 0 atom stereocenters. The van der Waals surface area contributed by atoms with Gasteiger partial charge in [-0.25, -0.2) is 4.98 Å². The zero-order valence-electron chi connectivity index (χ0n) is 15.0. The summed E-state index contributed by atoms with van der Waals surface area (Å²) < 4.78 is 0. The van der Waals surface area contributed by atoms with Gasteiger partial charge < -0.3 is 15.0 Å². The molecule has 1 aromatic heterocycles. The van der Waals surface area contributed by atoms with Crippen LogP contribution in [0.3, 0.4) is 0 Å². The van der Waals surface area contributed by atoms with Gasteiger partial charge in [0.1, 0.15) is 5.82 Å². The van der Waals surface area contributed by atoms with Crippen molar-refractivity contribution in [3.63, 3.8) is 0 Å². The third-order valence-electron chi connectivity index (χ3n) is 4.79. The molecule has 1 fully saturated rings. The van der Waals surface area contributed by atoms with Gasteiger partial charge in [0.05, 0.1) is 16.7 Å². The van der Waals surface area contributed by atoms with E-state index in [1.165, 1.54) is 0 Å². The second-order valence-electron chi connectivity index (χ2n) is 6.75. The molecule has 0 unspecified atom stereocenters. The van der Waals surface area contributed by atoms with Crippen molar-refractivity contribution < 1.29 is 14.7 Å². The number of H-pyrrole nitrogens is 1. The van der Waals surface area contributed by atoms with E-state index < -0.39 is 5.97 Å². The number of carbonyl (C=O) groups excluding carboxylic acids is 1. The Morgan fingerprint density at radius 2 is 2.00 bits per heavy atom. The van der Waals surface area contributed by atoms with E-state index in [1.54, 1.807) is 17.8 Å². The number of likely N-dealkylation sites (tertiary alicyclic amines) is 1. The Bertz CT molecular complexity index is 875. The van der Waals surface area contributed by atoms with Gasteiger partial charge in [0.25, 0.3) is 5.56 Å². The van der Waals surface area contributed by atoms with E-state index in [2.05, 4.69) is 9.97 Å². The van der Waals surface area contributed by atoms with E-state index in [-0.39, 0.29) is 23.8 Å². The van der Waals surface area contributed by atoms with Gasteiger partial charge in [0.2, 0.25) is 5.91 Å². The lowest BCUT2D eigenvalue weighted by Gasteiger charge is -2.31. The number of rotatable bonds is 7. The Morgan fingerprint density at radius 3 is 2.74 bits per heavy atom. The minimum absolute atomic E-state index is 0.108. The second kappa shape index (κ2) is 9.03. The number of hydrogen-bond acceptors (Lipinski definition) is 5. The number of carboxylic acids is 1. The molecule has 8 heteroatoms. The summed E-state index contributed by atoms with van der Waals surface area (Å²) in [6, 6.07) is 7.22. The first-order valence-electron chi connectivity index (χ1n) is 9.08.